The summed E-state index contributed by atoms with van der Waals surface area (Å²) < 4.78 is 18.2. The number of nitrogens with two attached hydrogens (primary N) is 1. The molecule has 2 aromatic rings. The molecule has 0 aliphatic carbocycles. The summed E-state index contributed by atoms with van der Waals surface area (Å²) in [4.78, 5) is 0.871. The topological polar surface area (TPSA) is 39.2 Å². The minimum absolute atomic E-state index is 0.310. The van der Waals surface area contributed by atoms with Gasteiger partial charge in [0.05, 0.1) is 5.75 Å². The number of nitrogen functional groups attached to an aromatic ring is 1. The molecule has 0 saturated heterocycles. The molecule has 0 amide bonds. The molecule has 0 radical (unpaired) electrons. The van der Waals surface area contributed by atoms with Crippen LogP contribution in [-0.2, 0) is 5.75 Å². The van der Waals surface area contributed by atoms with Crippen molar-refractivity contribution in [1.29, 1.82) is 0 Å². The van der Waals surface area contributed by atoms with Crippen molar-refractivity contribution in [3.63, 3.8) is 0 Å². The number of rotatable bonds is 3. The third-order valence-electron chi connectivity index (χ3n) is 2.14. The molecule has 0 fully saturated rings. The van der Waals surface area contributed by atoms with Crippen LogP contribution in [-0.4, -0.2) is 0 Å². The first-order chi connectivity index (χ1) is 7.65. The molecular weight excluding hydrogens is 225 g/mol. The Bertz CT molecular complexity index is 496. The summed E-state index contributed by atoms with van der Waals surface area (Å²) >= 11 is 1.54. The van der Waals surface area contributed by atoms with Gasteiger partial charge in [-0.3, -0.25) is 0 Å². The van der Waals surface area contributed by atoms with Crippen LogP contribution in [0.3, 0.4) is 0 Å². The summed E-state index contributed by atoms with van der Waals surface area (Å²) in [5, 5.41) is 0. The largest absolute Gasteiger partial charge is 0.465 e. The summed E-state index contributed by atoms with van der Waals surface area (Å²) in [7, 11) is 0. The van der Waals surface area contributed by atoms with Crippen LogP contribution in [0.25, 0.3) is 0 Å². The number of halogens is 1. The standard InChI is InChI=1S/C12H12FNOS/c1-8-2-4-10(15-8)7-16-12-5-3-9(13)6-11(12)14/h2-6H,7,14H2,1H3. The van der Waals surface area contributed by atoms with Gasteiger partial charge in [0.2, 0.25) is 0 Å². The van der Waals surface area contributed by atoms with Gasteiger partial charge in [0.1, 0.15) is 17.3 Å². The van der Waals surface area contributed by atoms with Crippen molar-refractivity contribution in [3.8, 4) is 0 Å². The summed E-state index contributed by atoms with van der Waals surface area (Å²) in [6.07, 6.45) is 0. The van der Waals surface area contributed by atoms with Crippen LogP contribution in [0.5, 0.6) is 0 Å². The molecule has 0 atom stereocenters. The zero-order valence-electron chi connectivity index (χ0n) is 8.87. The van der Waals surface area contributed by atoms with Crippen molar-refractivity contribution in [1.82, 2.24) is 0 Å². The Hall–Kier alpha value is -1.42. The molecule has 2 rings (SSSR count). The van der Waals surface area contributed by atoms with Crippen molar-refractivity contribution in [2.45, 2.75) is 17.6 Å². The maximum Gasteiger partial charge on any atom is 0.125 e. The first-order valence-corrected chi connectivity index (χ1v) is 5.87. The molecule has 4 heteroatoms. The van der Waals surface area contributed by atoms with E-state index in [9.17, 15) is 4.39 Å². The fourth-order valence-corrected chi connectivity index (χ4v) is 2.21. The van der Waals surface area contributed by atoms with Crippen LogP contribution in [0, 0.1) is 12.7 Å². The van der Waals surface area contributed by atoms with Gasteiger partial charge in [0, 0.05) is 10.6 Å². The Morgan fingerprint density at radius 3 is 2.75 bits per heavy atom. The highest BCUT2D eigenvalue weighted by molar-refractivity contribution is 7.98. The molecule has 2 N–H and O–H groups in total. The van der Waals surface area contributed by atoms with Crippen LogP contribution in [0.2, 0.25) is 0 Å². The maximum atomic E-state index is 12.8. The van der Waals surface area contributed by atoms with E-state index >= 15 is 0 Å². The highest BCUT2D eigenvalue weighted by Crippen LogP contribution is 2.28. The van der Waals surface area contributed by atoms with Gasteiger partial charge in [-0.05, 0) is 37.3 Å². The second kappa shape index (κ2) is 4.61. The predicted molar refractivity (Wildman–Crippen MR) is 63.8 cm³/mol. The predicted octanol–water partition coefficient (Wildman–Crippen LogP) is 3.60. The first-order valence-electron chi connectivity index (χ1n) is 4.88. The van der Waals surface area contributed by atoms with Crippen LogP contribution >= 0.6 is 11.8 Å². The van der Waals surface area contributed by atoms with Crippen LogP contribution in [0.1, 0.15) is 11.5 Å². The third kappa shape index (κ3) is 2.58. The van der Waals surface area contributed by atoms with Crippen molar-refractivity contribution in [3.05, 3.63) is 47.7 Å². The van der Waals surface area contributed by atoms with Crippen molar-refractivity contribution in [2.24, 2.45) is 0 Å². The van der Waals surface area contributed by atoms with E-state index in [2.05, 4.69) is 0 Å². The molecule has 0 bridgehead atoms. The molecule has 0 aliphatic heterocycles. The van der Waals surface area contributed by atoms with Crippen LogP contribution < -0.4 is 5.73 Å². The molecule has 1 aromatic heterocycles. The average molecular weight is 237 g/mol. The highest BCUT2D eigenvalue weighted by atomic mass is 32.2. The second-order valence-corrected chi connectivity index (χ2v) is 4.50. The lowest BCUT2D eigenvalue weighted by Crippen LogP contribution is -1.90. The van der Waals surface area contributed by atoms with Crippen molar-refractivity contribution in [2.75, 3.05) is 5.73 Å². The molecule has 16 heavy (non-hydrogen) atoms. The minimum Gasteiger partial charge on any atom is -0.465 e. The average Bonchev–Trinajstić information content (AvgIpc) is 2.63. The van der Waals surface area contributed by atoms with Crippen molar-refractivity contribution < 1.29 is 8.81 Å². The fraction of sp³-hybridized carbons (Fsp3) is 0.167. The van der Waals surface area contributed by atoms with Crippen molar-refractivity contribution >= 4 is 17.4 Å². The molecule has 0 aliphatic rings. The van der Waals surface area contributed by atoms with E-state index in [0.29, 0.717) is 11.4 Å². The SMILES string of the molecule is Cc1ccc(CSc2ccc(F)cc2N)o1. The van der Waals surface area contributed by atoms with Gasteiger partial charge < -0.3 is 10.2 Å². The number of furan rings is 1. The second-order valence-electron chi connectivity index (χ2n) is 3.48. The normalized spacial score (nSPS) is 10.6. The molecule has 84 valence electrons. The van der Waals surface area contributed by atoms with Gasteiger partial charge in [-0.2, -0.15) is 0 Å². The van der Waals surface area contributed by atoms with E-state index in [1.54, 1.807) is 6.07 Å². The number of benzene rings is 1. The van der Waals surface area contributed by atoms with E-state index in [-0.39, 0.29) is 5.82 Å². The smallest absolute Gasteiger partial charge is 0.125 e. The van der Waals surface area contributed by atoms with Gasteiger partial charge in [-0.1, -0.05) is 0 Å². The summed E-state index contributed by atoms with van der Waals surface area (Å²) in [6, 6.07) is 8.28. The maximum absolute atomic E-state index is 12.8. The van der Waals surface area contributed by atoms with Crippen LogP contribution in [0.15, 0.2) is 39.6 Å². The van der Waals surface area contributed by atoms with E-state index in [1.165, 1.54) is 23.9 Å². The molecule has 1 aromatic carbocycles. The Balaban J connectivity index is 2.04. The number of aryl methyl sites for hydroxylation is 1. The molecule has 0 spiro atoms. The molecular formula is C12H12FNOS. The molecule has 2 nitrogen and oxygen atoms in total. The zero-order valence-corrected chi connectivity index (χ0v) is 9.68. The number of anilines is 1. The lowest BCUT2D eigenvalue weighted by Gasteiger charge is -2.03. The Kier molecular flexibility index (Phi) is 3.19. The third-order valence-corrected chi connectivity index (χ3v) is 3.25. The fourth-order valence-electron chi connectivity index (χ4n) is 1.36. The van der Waals surface area contributed by atoms with E-state index in [0.717, 1.165) is 16.4 Å². The van der Waals surface area contributed by atoms with Gasteiger partial charge in [-0.15, -0.1) is 11.8 Å². The number of hydrogen-bond donors (Lipinski definition) is 1. The van der Waals surface area contributed by atoms with Gasteiger partial charge >= 0.3 is 0 Å². The molecule has 0 saturated carbocycles. The monoisotopic (exact) mass is 237 g/mol. The number of hydrogen-bond acceptors (Lipinski definition) is 3. The zero-order chi connectivity index (χ0) is 11.5. The van der Waals surface area contributed by atoms with E-state index in [4.69, 9.17) is 10.2 Å². The van der Waals surface area contributed by atoms with E-state index < -0.39 is 0 Å². The minimum atomic E-state index is -0.310. The molecule has 1 heterocycles. The Labute approximate surface area is 97.6 Å². The van der Waals surface area contributed by atoms with Gasteiger partial charge in [0.15, 0.2) is 0 Å². The summed E-state index contributed by atoms with van der Waals surface area (Å²) in [5.74, 6) is 2.17. The summed E-state index contributed by atoms with van der Waals surface area (Å²) in [6.45, 7) is 1.90. The Morgan fingerprint density at radius 1 is 1.31 bits per heavy atom. The van der Waals surface area contributed by atoms with Crippen LogP contribution in [0.4, 0.5) is 10.1 Å². The lowest BCUT2D eigenvalue weighted by atomic mass is 10.3. The first kappa shape index (κ1) is 11.1. The lowest BCUT2D eigenvalue weighted by molar-refractivity contribution is 0.501. The molecule has 0 unspecified atom stereocenters. The Morgan fingerprint density at radius 2 is 2.12 bits per heavy atom. The number of thioether (sulfide) groups is 1. The van der Waals surface area contributed by atoms with Gasteiger partial charge in [0.25, 0.3) is 0 Å². The highest BCUT2D eigenvalue weighted by Gasteiger charge is 2.04. The van der Waals surface area contributed by atoms with E-state index in [1.807, 2.05) is 19.1 Å². The summed E-state index contributed by atoms with van der Waals surface area (Å²) in [5.41, 5.74) is 6.17. The van der Waals surface area contributed by atoms with Gasteiger partial charge in [-0.25, -0.2) is 4.39 Å². The quantitative estimate of drug-likeness (QED) is 0.654.